The van der Waals surface area contributed by atoms with Crippen LogP contribution < -0.4 is 4.74 Å². The van der Waals surface area contributed by atoms with E-state index in [1.165, 1.54) is 12.8 Å². The van der Waals surface area contributed by atoms with E-state index in [2.05, 4.69) is 11.8 Å². The van der Waals surface area contributed by atoms with Crippen LogP contribution in [-0.4, -0.2) is 78.9 Å². The van der Waals surface area contributed by atoms with Crippen LogP contribution in [0.3, 0.4) is 0 Å². The SMILES string of the molecule is CC[C@H](C(=O)N1CCN(C(=O)c2cccc(OC)c2)CC1)N1CCCC1. The molecule has 0 saturated carbocycles. The van der Waals surface area contributed by atoms with Crippen LogP contribution in [0.15, 0.2) is 24.3 Å². The Bertz CT molecular complexity index is 635. The first-order chi connectivity index (χ1) is 12.6. The summed E-state index contributed by atoms with van der Waals surface area (Å²) in [6.07, 6.45) is 3.22. The number of carbonyl (C=O) groups excluding carboxylic acids is 2. The van der Waals surface area contributed by atoms with Crippen LogP contribution in [0.25, 0.3) is 0 Å². The van der Waals surface area contributed by atoms with Gasteiger partial charge in [0.2, 0.25) is 5.91 Å². The van der Waals surface area contributed by atoms with Crippen molar-refractivity contribution < 1.29 is 14.3 Å². The molecule has 0 spiro atoms. The molecule has 0 N–H and O–H groups in total. The minimum Gasteiger partial charge on any atom is -0.497 e. The molecule has 0 aromatic heterocycles. The van der Waals surface area contributed by atoms with Gasteiger partial charge >= 0.3 is 0 Å². The molecule has 2 aliphatic heterocycles. The van der Waals surface area contributed by atoms with Gasteiger partial charge in [-0.25, -0.2) is 0 Å². The number of benzene rings is 1. The number of hydrogen-bond donors (Lipinski definition) is 0. The molecule has 1 aromatic rings. The van der Waals surface area contributed by atoms with Crippen LogP contribution in [0.4, 0.5) is 0 Å². The fourth-order valence-electron chi connectivity index (χ4n) is 3.92. The molecule has 1 aromatic carbocycles. The first kappa shape index (κ1) is 18.7. The second-order valence-corrected chi connectivity index (χ2v) is 7.02. The van der Waals surface area contributed by atoms with Gasteiger partial charge in [0, 0.05) is 31.7 Å². The van der Waals surface area contributed by atoms with Gasteiger partial charge in [-0.3, -0.25) is 14.5 Å². The number of hydrogen-bond acceptors (Lipinski definition) is 4. The zero-order valence-corrected chi connectivity index (χ0v) is 15.8. The zero-order valence-electron chi connectivity index (χ0n) is 15.8. The molecule has 2 amide bonds. The van der Waals surface area contributed by atoms with E-state index in [9.17, 15) is 9.59 Å². The number of nitrogens with zero attached hydrogens (tertiary/aromatic N) is 3. The maximum atomic E-state index is 12.9. The molecule has 0 aliphatic carbocycles. The molecule has 0 radical (unpaired) electrons. The summed E-state index contributed by atoms with van der Waals surface area (Å²) in [5.74, 6) is 0.909. The summed E-state index contributed by atoms with van der Waals surface area (Å²) in [5, 5.41) is 0. The van der Waals surface area contributed by atoms with E-state index in [4.69, 9.17) is 4.74 Å². The molecule has 0 bridgehead atoms. The summed E-state index contributed by atoms with van der Waals surface area (Å²) in [7, 11) is 1.60. The van der Waals surface area contributed by atoms with E-state index < -0.39 is 0 Å². The van der Waals surface area contributed by atoms with Crippen LogP contribution >= 0.6 is 0 Å². The van der Waals surface area contributed by atoms with Gasteiger partial charge < -0.3 is 14.5 Å². The van der Waals surface area contributed by atoms with E-state index in [1.807, 2.05) is 28.0 Å². The standard InChI is InChI=1S/C20H29N3O3/c1-3-18(21-9-4-5-10-21)20(25)23-13-11-22(12-14-23)19(24)16-7-6-8-17(15-16)26-2/h6-8,15,18H,3-5,9-14H2,1-2H3/t18-/m1/s1. The quantitative estimate of drug-likeness (QED) is 0.805. The lowest BCUT2D eigenvalue weighted by Gasteiger charge is -2.38. The molecule has 142 valence electrons. The van der Waals surface area contributed by atoms with Gasteiger partial charge in [0.25, 0.3) is 5.91 Å². The molecule has 1 atom stereocenters. The second-order valence-electron chi connectivity index (χ2n) is 7.02. The van der Waals surface area contributed by atoms with Gasteiger partial charge in [-0.05, 0) is 50.6 Å². The maximum absolute atomic E-state index is 12.9. The summed E-state index contributed by atoms with van der Waals surface area (Å²) in [6, 6.07) is 7.23. The summed E-state index contributed by atoms with van der Waals surface area (Å²) < 4.78 is 5.20. The average molecular weight is 359 g/mol. The highest BCUT2D eigenvalue weighted by molar-refractivity contribution is 5.94. The van der Waals surface area contributed by atoms with Crippen molar-refractivity contribution >= 4 is 11.8 Å². The van der Waals surface area contributed by atoms with Gasteiger partial charge in [0.1, 0.15) is 5.75 Å². The highest BCUT2D eigenvalue weighted by Crippen LogP contribution is 2.19. The Hall–Kier alpha value is -2.08. The van der Waals surface area contributed by atoms with Crippen molar-refractivity contribution in [3.8, 4) is 5.75 Å². The predicted octanol–water partition coefficient (Wildman–Crippen LogP) is 1.85. The molecular weight excluding hydrogens is 330 g/mol. The highest BCUT2D eigenvalue weighted by atomic mass is 16.5. The minimum atomic E-state index is -0.00173. The minimum absolute atomic E-state index is 0.00173. The van der Waals surface area contributed by atoms with Gasteiger partial charge in [-0.2, -0.15) is 0 Å². The van der Waals surface area contributed by atoms with Crippen molar-refractivity contribution in [1.29, 1.82) is 0 Å². The van der Waals surface area contributed by atoms with Crippen molar-refractivity contribution in [2.45, 2.75) is 32.2 Å². The summed E-state index contributed by atoms with van der Waals surface area (Å²) >= 11 is 0. The number of methoxy groups -OCH3 is 1. The lowest BCUT2D eigenvalue weighted by atomic mass is 10.1. The Morgan fingerprint density at radius 1 is 1.04 bits per heavy atom. The van der Waals surface area contributed by atoms with Crippen molar-refractivity contribution in [2.24, 2.45) is 0 Å². The third-order valence-corrected chi connectivity index (χ3v) is 5.45. The van der Waals surface area contributed by atoms with Crippen molar-refractivity contribution in [3.63, 3.8) is 0 Å². The van der Waals surface area contributed by atoms with E-state index in [0.29, 0.717) is 37.5 Å². The first-order valence-electron chi connectivity index (χ1n) is 9.60. The Labute approximate surface area is 155 Å². The number of carbonyl (C=O) groups is 2. The largest absolute Gasteiger partial charge is 0.497 e. The summed E-state index contributed by atoms with van der Waals surface area (Å²) in [5.41, 5.74) is 0.632. The third kappa shape index (κ3) is 4.01. The van der Waals surface area contributed by atoms with E-state index in [0.717, 1.165) is 19.5 Å². The lowest BCUT2D eigenvalue weighted by molar-refractivity contribution is -0.138. The lowest BCUT2D eigenvalue weighted by Crippen LogP contribution is -2.55. The normalized spacial score (nSPS) is 19.5. The van der Waals surface area contributed by atoms with Crippen molar-refractivity contribution in [2.75, 3.05) is 46.4 Å². The van der Waals surface area contributed by atoms with Crippen molar-refractivity contribution in [1.82, 2.24) is 14.7 Å². The fraction of sp³-hybridized carbons (Fsp3) is 0.600. The fourth-order valence-corrected chi connectivity index (χ4v) is 3.92. The molecule has 26 heavy (non-hydrogen) atoms. The second kappa shape index (κ2) is 8.54. The third-order valence-electron chi connectivity index (χ3n) is 5.45. The molecule has 2 fully saturated rings. The van der Waals surface area contributed by atoms with Crippen molar-refractivity contribution in [3.05, 3.63) is 29.8 Å². The highest BCUT2D eigenvalue weighted by Gasteiger charge is 2.32. The monoisotopic (exact) mass is 359 g/mol. The Kier molecular flexibility index (Phi) is 6.14. The van der Waals surface area contributed by atoms with Gasteiger partial charge in [-0.15, -0.1) is 0 Å². The molecule has 0 unspecified atom stereocenters. The Morgan fingerprint density at radius 2 is 1.69 bits per heavy atom. The molecule has 2 heterocycles. The maximum Gasteiger partial charge on any atom is 0.254 e. The van der Waals surface area contributed by atoms with Gasteiger partial charge in [-0.1, -0.05) is 13.0 Å². The van der Waals surface area contributed by atoms with Crippen LogP contribution in [0.5, 0.6) is 5.75 Å². The molecule has 2 saturated heterocycles. The first-order valence-corrected chi connectivity index (χ1v) is 9.60. The van der Waals surface area contributed by atoms with Crippen LogP contribution in [0, 0.1) is 0 Å². The Morgan fingerprint density at radius 3 is 2.31 bits per heavy atom. The Balaban J connectivity index is 1.57. The molecule has 6 nitrogen and oxygen atoms in total. The number of likely N-dealkylation sites (tertiary alicyclic amines) is 1. The topological polar surface area (TPSA) is 53.1 Å². The van der Waals surface area contributed by atoms with E-state index in [1.54, 1.807) is 13.2 Å². The molecule has 3 rings (SSSR count). The number of piperazine rings is 1. The summed E-state index contributed by atoms with van der Waals surface area (Å²) in [6.45, 7) is 6.52. The smallest absolute Gasteiger partial charge is 0.254 e. The number of rotatable bonds is 5. The molecule has 2 aliphatic rings. The van der Waals surface area contributed by atoms with Gasteiger partial charge in [0.15, 0.2) is 0 Å². The molecular formula is C20H29N3O3. The van der Waals surface area contributed by atoms with Gasteiger partial charge in [0.05, 0.1) is 13.2 Å². The van der Waals surface area contributed by atoms with Crippen LogP contribution in [-0.2, 0) is 4.79 Å². The van der Waals surface area contributed by atoms with E-state index >= 15 is 0 Å². The van der Waals surface area contributed by atoms with Crippen LogP contribution in [0.1, 0.15) is 36.5 Å². The number of amides is 2. The van der Waals surface area contributed by atoms with Crippen LogP contribution in [0.2, 0.25) is 0 Å². The zero-order chi connectivity index (χ0) is 18.5. The van der Waals surface area contributed by atoms with E-state index in [-0.39, 0.29) is 17.9 Å². The summed E-state index contributed by atoms with van der Waals surface area (Å²) in [4.78, 5) is 31.7. The predicted molar refractivity (Wildman–Crippen MR) is 100 cm³/mol. The average Bonchev–Trinajstić information content (AvgIpc) is 3.22. The number of ether oxygens (including phenoxy) is 1. The molecule has 6 heteroatoms.